The van der Waals surface area contributed by atoms with Crippen molar-refractivity contribution in [2.75, 3.05) is 13.2 Å². The quantitative estimate of drug-likeness (QED) is 0.695. The fourth-order valence-corrected chi connectivity index (χ4v) is 3.38. The molecule has 2 heterocycles. The average Bonchev–Trinajstić information content (AvgIpc) is 3.17. The lowest BCUT2D eigenvalue weighted by atomic mass is 10.1. The Balaban J connectivity index is 1.55. The topological polar surface area (TPSA) is 42.4 Å². The summed E-state index contributed by atoms with van der Waals surface area (Å²) < 4.78 is 5.74. The predicted octanol–water partition coefficient (Wildman–Crippen LogP) is 4.27. The van der Waals surface area contributed by atoms with Crippen molar-refractivity contribution < 1.29 is 9.53 Å². The number of pyridine rings is 1. The number of hydrogen-bond acceptors (Lipinski definition) is 3. The molecular weight excluding hydrogens is 348 g/mol. The molecule has 0 aliphatic carbocycles. The monoisotopic (exact) mass is 372 g/mol. The lowest BCUT2D eigenvalue weighted by Crippen LogP contribution is -2.36. The van der Waals surface area contributed by atoms with E-state index in [9.17, 15) is 4.79 Å². The fourth-order valence-electron chi connectivity index (χ4n) is 3.25. The number of carbonyl (C=O) groups is 1. The van der Waals surface area contributed by atoms with Crippen LogP contribution in [0.5, 0.6) is 0 Å². The zero-order chi connectivity index (χ0) is 18.2. The number of carbonyl (C=O) groups excluding carboxylic acids is 1. The van der Waals surface area contributed by atoms with E-state index < -0.39 is 0 Å². The maximum Gasteiger partial charge on any atom is 0.222 e. The number of hydrogen-bond donors (Lipinski definition) is 0. The van der Waals surface area contributed by atoms with E-state index >= 15 is 0 Å². The van der Waals surface area contributed by atoms with Crippen LogP contribution < -0.4 is 0 Å². The molecule has 1 aliphatic heterocycles. The summed E-state index contributed by atoms with van der Waals surface area (Å²) in [5.74, 6) is 0.186. The van der Waals surface area contributed by atoms with Crippen LogP contribution in [0.1, 0.15) is 36.8 Å². The third-order valence-corrected chi connectivity index (χ3v) is 4.94. The Kier molecular flexibility index (Phi) is 7.04. The summed E-state index contributed by atoms with van der Waals surface area (Å²) >= 11 is 5.92. The van der Waals surface area contributed by atoms with E-state index in [0.29, 0.717) is 19.5 Å². The second kappa shape index (κ2) is 9.70. The van der Waals surface area contributed by atoms with Gasteiger partial charge in [0.2, 0.25) is 5.91 Å². The molecule has 4 nitrogen and oxygen atoms in total. The number of nitrogens with zero attached hydrogens (tertiary/aromatic N) is 2. The summed E-state index contributed by atoms with van der Waals surface area (Å²) in [6.07, 6.45) is 8.07. The van der Waals surface area contributed by atoms with Crippen LogP contribution in [0.3, 0.4) is 0 Å². The summed E-state index contributed by atoms with van der Waals surface area (Å²) in [6, 6.07) is 11.8. The molecule has 26 heavy (non-hydrogen) atoms. The second-order valence-electron chi connectivity index (χ2n) is 6.74. The first-order valence-corrected chi connectivity index (χ1v) is 9.61. The van der Waals surface area contributed by atoms with Gasteiger partial charge in [0.05, 0.1) is 6.10 Å². The Morgan fingerprint density at radius 1 is 1.15 bits per heavy atom. The van der Waals surface area contributed by atoms with Crippen LogP contribution in [-0.2, 0) is 22.5 Å². The van der Waals surface area contributed by atoms with Crippen molar-refractivity contribution in [3.63, 3.8) is 0 Å². The molecule has 2 aromatic rings. The minimum atomic E-state index is 0.164. The van der Waals surface area contributed by atoms with E-state index in [1.54, 1.807) is 12.4 Å². The van der Waals surface area contributed by atoms with Gasteiger partial charge in [0.15, 0.2) is 0 Å². The Morgan fingerprint density at radius 3 is 2.62 bits per heavy atom. The van der Waals surface area contributed by atoms with Crippen LogP contribution in [0.4, 0.5) is 0 Å². The van der Waals surface area contributed by atoms with E-state index in [-0.39, 0.29) is 12.0 Å². The van der Waals surface area contributed by atoms with E-state index in [2.05, 4.69) is 4.98 Å². The zero-order valence-corrected chi connectivity index (χ0v) is 15.7. The molecule has 5 heteroatoms. The van der Waals surface area contributed by atoms with Gasteiger partial charge in [0.1, 0.15) is 0 Å². The summed E-state index contributed by atoms with van der Waals surface area (Å²) in [5, 5.41) is 0.741. The largest absolute Gasteiger partial charge is 0.376 e. The van der Waals surface area contributed by atoms with Gasteiger partial charge in [-0.05, 0) is 61.1 Å². The minimum Gasteiger partial charge on any atom is -0.376 e. The van der Waals surface area contributed by atoms with E-state index in [1.807, 2.05) is 41.3 Å². The number of benzene rings is 1. The molecule has 3 rings (SSSR count). The molecule has 0 bridgehead atoms. The first kappa shape index (κ1) is 18.9. The van der Waals surface area contributed by atoms with Crippen molar-refractivity contribution in [1.82, 2.24) is 9.88 Å². The smallest absolute Gasteiger partial charge is 0.222 e. The van der Waals surface area contributed by atoms with Crippen LogP contribution in [0, 0.1) is 0 Å². The first-order valence-electron chi connectivity index (χ1n) is 9.23. The molecule has 1 aromatic heterocycles. The minimum absolute atomic E-state index is 0.164. The highest BCUT2D eigenvalue weighted by Gasteiger charge is 2.22. The van der Waals surface area contributed by atoms with Gasteiger partial charge in [-0.15, -0.1) is 0 Å². The van der Waals surface area contributed by atoms with Crippen molar-refractivity contribution in [2.45, 2.75) is 44.8 Å². The van der Waals surface area contributed by atoms with E-state index in [4.69, 9.17) is 16.3 Å². The van der Waals surface area contributed by atoms with Crippen molar-refractivity contribution in [2.24, 2.45) is 0 Å². The Labute approximate surface area is 160 Å². The van der Waals surface area contributed by atoms with Crippen molar-refractivity contribution in [3.05, 3.63) is 64.9 Å². The first-order chi connectivity index (χ1) is 12.7. The number of aryl methyl sites for hydroxylation is 1. The molecule has 1 aromatic carbocycles. The number of amides is 1. The van der Waals surface area contributed by atoms with Gasteiger partial charge in [-0.25, -0.2) is 0 Å². The lowest BCUT2D eigenvalue weighted by molar-refractivity contribution is -0.133. The Bertz CT molecular complexity index is 685. The van der Waals surface area contributed by atoms with E-state index in [1.165, 1.54) is 5.56 Å². The Morgan fingerprint density at radius 2 is 1.92 bits per heavy atom. The van der Waals surface area contributed by atoms with Crippen LogP contribution in [0.25, 0.3) is 0 Å². The molecule has 0 saturated carbocycles. The molecule has 0 spiro atoms. The fraction of sp³-hybridized carbons (Fsp3) is 0.429. The number of ether oxygens (including phenoxy) is 1. The SMILES string of the molecule is O=C(CCCc1ccc(Cl)cc1)N(Cc1ccncc1)CC1CCCO1. The molecule has 1 fully saturated rings. The molecule has 0 radical (unpaired) electrons. The number of rotatable bonds is 8. The summed E-state index contributed by atoms with van der Waals surface area (Å²) in [7, 11) is 0. The van der Waals surface area contributed by atoms with Gasteiger partial charge in [-0.2, -0.15) is 0 Å². The zero-order valence-electron chi connectivity index (χ0n) is 14.9. The van der Waals surface area contributed by atoms with Gasteiger partial charge in [-0.1, -0.05) is 23.7 Å². The third-order valence-electron chi connectivity index (χ3n) is 4.69. The van der Waals surface area contributed by atoms with Crippen molar-refractivity contribution >= 4 is 17.5 Å². The molecule has 1 amide bonds. The predicted molar refractivity (Wildman–Crippen MR) is 103 cm³/mol. The molecule has 138 valence electrons. The maximum absolute atomic E-state index is 12.8. The number of aromatic nitrogens is 1. The highest BCUT2D eigenvalue weighted by molar-refractivity contribution is 6.30. The van der Waals surface area contributed by atoms with Crippen LogP contribution in [0.2, 0.25) is 5.02 Å². The van der Waals surface area contributed by atoms with Gasteiger partial charge < -0.3 is 9.64 Å². The molecule has 1 atom stereocenters. The second-order valence-corrected chi connectivity index (χ2v) is 7.18. The van der Waals surface area contributed by atoms with Gasteiger partial charge in [0, 0.05) is 43.5 Å². The molecule has 1 saturated heterocycles. The van der Waals surface area contributed by atoms with Gasteiger partial charge in [0.25, 0.3) is 0 Å². The Hall–Kier alpha value is -1.91. The number of halogens is 1. The molecule has 1 aliphatic rings. The average molecular weight is 373 g/mol. The van der Waals surface area contributed by atoms with Crippen LogP contribution in [0.15, 0.2) is 48.8 Å². The normalized spacial score (nSPS) is 16.6. The van der Waals surface area contributed by atoms with Gasteiger partial charge >= 0.3 is 0 Å². The van der Waals surface area contributed by atoms with Crippen LogP contribution in [-0.4, -0.2) is 35.0 Å². The van der Waals surface area contributed by atoms with Crippen molar-refractivity contribution in [1.29, 1.82) is 0 Å². The third kappa shape index (κ3) is 5.82. The molecule has 1 unspecified atom stereocenters. The standard InChI is InChI=1S/C21H25ClN2O2/c22-19-8-6-17(7-9-19)3-1-5-21(25)24(16-20-4-2-14-26-20)15-18-10-12-23-13-11-18/h6-13,20H,1-5,14-16H2. The van der Waals surface area contributed by atoms with Gasteiger partial charge in [-0.3, -0.25) is 9.78 Å². The maximum atomic E-state index is 12.8. The van der Waals surface area contributed by atoms with Crippen molar-refractivity contribution in [3.8, 4) is 0 Å². The molecular formula is C21H25ClN2O2. The highest BCUT2D eigenvalue weighted by Crippen LogP contribution is 2.17. The highest BCUT2D eigenvalue weighted by atomic mass is 35.5. The molecule has 0 N–H and O–H groups in total. The summed E-state index contributed by atoms with van der Waals surface area (Å²) in [5.41, 5.74) is 2.31. The van der Waals surface area contributed by atoms with Crippen LogP contribution >= 0.6 is 11.6 Å². The lowest BCUT2D eigenvalue weighted by Gasteiger charge is -2.25. The van der Waals surface area contributed by atoms with E-state index in [0.717, 1.165) is 42.9 Å². The summed E-state index contributed by atoms with van der Waals surface area (Å²) in [4.78, 5) is 18.8. The summed E-state index contributed by atoms with van der Waals surface area (Å²) in [6.45, 7) is 2.09.